The fraction of sp³-hybridized carbons (Fsp3) is 0.0870. The lowest BCUT2D eigenvalue weighted by Gasteiger charge is -2.09. The summed E-state index contributed by atoms with van der Waals surface area (Å²) in [7, 11) is 0. The molecule has 1 amide bonds. The number of hydrogen-bond acceptors (Lipinski definition) is 4. The van der Waals surface area contributed by atoms with Gasteiger partial charge in [0.1, 0.15) is 22.5 Å². The number of aromatic nitrogens is 3. The number of carbonyl (C=O) groups is 1. The topological polar surface area (TPSA) is 69.0 Å². The van der Waals surface area contributed by atoms with Crippen LogP contribution >= 0.6 is 11.6 Å². The molecule has 4 rings (SSSR count). The van der Waals surface area contributed by atoms with Crippen molar-refractivity contribution in [3.05, 3.63) is 101 Å². The highest BCUT2D eigenvalue weighted by Gasteiger charge is 2.21. The fourth-order valence-electron chi connectivity index (χ4n) is 3.05. The van der Waals surface area contributed by atoms with Crippen LogP contribution in [0.4, 0.5) is 10.1 Å². The Morgan fingerprint density at radius 3 is 2.58 bits per heavy atom. The molecule has 0 fully saturated rings. The Hall–Kier alpha value is -3.71. The Labute approximate surface area is 183 Å². The zero-order valence-electron chi connectivity index (χ0n) is 16.5. The van der Waals surface area contributed by atoms with Gasteiger partial charge in [-0.3, -0.25) is 9.78 Å². The molecule has 0 aliphatic carbocycles. The molecule has 0 saturated carbocycles. The summed E-state index contributed by atoms with van der Waals surface area (Å²) >= 11 is 6.45. The van der Waals surface area contributed by atoms with Crippen molar-refractivity contribution in [1.29, 1.82) is 0 Å². The second kappa shape index (κ2) is 8.97. The number of rotatable bonds is 6. The molecule has 0 aliphatic rings. The van der Waals surface area contributed by atoms with Crippen LogP contribution in [0, 0.1) is 12.7 Å². The minimum atomic E-state index is -0.381. The number of pyridine rings is 1. The SMILES string of the molecule is Cc1nn(Cc2ccc(F)cc2)c(Cl)c1C(=O)Nc1cccc(Oc2ccncc2)c1. The van der Waals surface area contributed by atoms with Gasteiger partial charge in [-0.1, -0.05) is 29.8 Å². The molecule has 2 aromatic heterocycles. The van der Waals surface area contributed by atoms with Gasteiger partial charge in [0, 0.05) is 24.1 Å². The second-order valence-corrected chi connectivity index (χ2v) is 7.16. The van der Waals surface area contributed by atoms with Crippen molar-refractivity contribution >= 4 is 23.2 Å². The number of nitrogens with one attached hydrogen (secondary N) is 1. The van der Waals surface area contributed by atoms with Crippen molar-refractivity contribution in [1.82, 2.24) is 14.8 Å². The molecule has 6 nitrogen and oxygen atoms in total. The van der Waals surface area contributed by atoms with Crippen molar-refractivity contribution < 1.29 is 13.9 Å². The predicted molar refractivity (Wildman–Crippen MR) is 116 cm³/mol. The first kappa shape index (κ1) is 20.6. The standard InChI is InChI=1S/C23H18ClFN4O2/c1-15-21(22(24)29(28-15)14-16-5-7-17(25)8-6-16)23(30)27-18-3-2-4-20(13-18)31-19-9-11-26-12-10-19/h2-13H,14H2,1H3,(H,27,30). The maximum atomic E-state index is 13.1. The molecule has 0 unspecified atom stereocenters. The number of aryl methyl sites for hydroxylation is 1. The van der Waals surface area contributed by atoms with E-state index in [0.717, 1.165) is 5.56 Å². The number of carbonyl (C=O) groups excluding carboxylic acids is 1. The summed E-state index contributed by atoms with van der Waals surface area (Å²) in [5.74, 6) is 0.508. The number of halogens is 2. The molecule has 0 spiro atoms. The number of amides is 1. The van der Waals surface area contributed by atoms with Gasteiger partial charge in [0.15, 0.2) is 0 Å². The largest absolute Gasteiger partial charge is 0.457 e. The lowest BCUT2D eigenvalue weighted by Crippen LogP contribution is -2.13. The molecule has 2 heterocycles. The monoisotopic (exact) mass is 436 g/mol. The van der Waals surface area contributed by atoms with Crippen LogP contribution in [-0.2, 0) is 6.54 Å². The highest BCUT2D eigenvalue weighted by molar-refractivity contribution is 6.33. The Bertz CT molecular complexity index is 1210. The number of ether oxygens (including phenoxy) is 1. The average Bonchev–Trinajstić information content (AvgIpc) is 3.03. The maximum absolute atomic E-state index is 13.1. The van der Waals surface area contributed by atoms with Crippen molar-refractivity contribution in [2.75, 3.05) is 5.32 Å². The molecule has 4 aromatic rings. The molecule has 0 atom stereocenters. The van der Waals surface area contributed by atoms with Crippen LogP contribution in [0.15, 0.2) is 73.1 Å². The summed E-state index contributed by atoms with van der Waals surface area (Å²) in [4.78, 5) is 16.8. The quantitative estimate of drug-likeness (QED) is 0.435. The van der Waals surface area contributed by atoms with E-state index in [1.165, 1.54) is 16.8 Å². The number of nitrogens with zero attached hydrogens (tertiary/aromatic N) is 3. The zero-order chi connectivity index (χ0) is 21.8. The van der Waals surface area contributed by atoms with Crippen LogP contribution in [0.5, 0.6) is 11.5 Å². The van der Waals surface area contributed by atoms with Crippen LogP contribution in [0.2, 0.25) is 5.15 Å². The molecule has 1 N–H and O–H groups in total. The molecule has 0 radical (unpaired) electrons. The van der Waals surface area contributed by atoms with Crippen LogP contribution in [0.1, 0.15) is 21.6 Å². The average molecular weight is 437 g/mol. The third kappa shape index (κ3) is 4.90. The van der Waals surface area contributed by atoms with E-state index in [0.29, 0.717) is 29.4 Å². The van der Waals surface area contributed by atoms with Gasteiger partial charge >= 0.3 is 0 Å². The van der Waals surface area contributed by atoms with Gasteiger partial charge in [-0.05, 0) is 48.9 Å². The highest BCUT2D eigenvalue weighted by Crippen LogP contribution is 2.26. The van der Waals surface area contributed by atoms with Crippen molar-refractivity contribution in [2.24, 2.45) is 0 Å². The van der Waals surface area contributed by atoms with E-state index in [1.807, 2.05) is 0 Å². The summed E-state index contributed by atoms with van der Waals surface area (Å²) in [6.07, 6.45) is 3.27. The minimum absolute atomic E-state index is 0.212. The summed E-state index contributed by atoms with van der Waals surface area (Å²) < 4.78 is 20.4. The third-order valence-electron chi connectivity index (χ3n) is 4.52. The lowest BCUT2D eigenvalue weighted by atomic mass is 10.2. The van der Waals surface area contributed by atoms with Gasteiger partial charge in [-0.2, -0.15) is 5.10 Å². The van der Waals surface area contributed by atoms with Gasteiger partial charge in [0.05, 0.1) is 17.8 Å². The summed E-state index contributed by atoms with van der Waals surface area (Å²) in [6, 6.07) is 16.5. The predicted octanol–water partition coefficient (Wildman–Crippen LogP) is 5.47. The Kier molecular flexibility index (Phi) is 5.95. The first-order valence-corrected chi connectivity index (χ1v) is 9.84. The van der Waals surface area contributed by atoms with Crippen LogP contribution in [0.3, 0.4) is 0 Å². The fourth-order valence-corrected chi connectivity index (χ4v) is 3.37. The molecule has 2 aromatic carbocycles. The Morgan fingerprint density at radius 1 is 1.10 bits per heavy atom. The van der Waals surface area contributed by atoms with E-state index in [4.69, 9.17) is 16.3 Å². The Balaban J connectivity index is 1.50. The van der Waals surface area contributed by atoms with Crippen molar-refractivity contribution in [2.45, 2.75) is 13.5 Å². The molecule has 0 saturated heterocycles. The van der Waals surface area contributed by atoms with Crippen LogP contribution < -0.4 is 10.1 Å². The van der Waals surface area contributed by atoms with E-state index in [2.05, 4.69) is 15.4 Å². The highest BCUT2D eigenvalue weighted by atomic mass is 35.5. The Morgan fingerprint density at radius 2 is 1.84 bits per heavy atom. The molecular formula is C23H18ClFN4O2. The number of anilines is 1. The van der Waals surface area contributed by atoms with Crippen LogP contribution in [0.25, 0.3) is 0 Å². The summed E-state index contributed by atoms with van der Waals surface area (Å²) in [6.45, 7) is 2.04. The maximum Gasteiger partial charge on any atom is 0.260 e. The first-order chi connectivity index (χ1) is 15.0. The van der Waals surface area contributed by atoms with E-state index in [1.54, 1.807) is 67.8 Å². The molecule has 0 bridgehead atoms. The van der Waals surface area contributed by atoms with Gasteiger partial charge < -0.3 is 10.1 Å². The van der Waals surface area contributed by atoms with Gasteiger partial charge in [-0.25, -0.2) is 9.07 Å². The van der Waals surface area contributed by atoms with Crippen molar-refractivity contribution in [3.63, 3.8) is 0 Å². The van der Waals surface area contributed by atoms with E-state index >= 15 is 0 Å². The number of benzene rings is 2. The van der Waals surface area contributed by atoms with E-state index in [9.17, 15) is 9.18 Å². The zero-order valence-corrected chi connectivity index (χ0v) is 17.3. The van der Waals surface area contributed by atoms with E-state index in [-0.39, 0.29) is 22.4 Å². The molecule has 0 aliphatic heterocycles. The smallest absolute Gasteiger partial charge is 0.260 e. The molecule has 31 heavy (non-hydrogen) atoms. The molecule has 8 heteroatoms. The van der Waals surface area contributed by atoms with Crippen LogP contribution in [-0.4, -0.2) is 20.7 Å². The normalized spacial score (nSPS) is 10.7. The second-order valence-electron chi connectivity index (χ2n) is 6.80. The van der Waals surface area contributed by atoms with Gasteiger partial charge in [-0.15, -0.1) is 0 Å². The minimum Gasteiger partial charge on any atom is -0.457 e. The van der Waals surface area contributed by atoms with Crippen molar-refractivity contribution in [3.8, 4) is 11.5 Å². The summed E-state index contributed by atoms with van der Waals surface area (Å²) in [5, 5.41) is 7.41. The molecular weight excluding hydrogens is 419 g/mol. The first-order valence-electron chi connectivity index (χ1n) is 9.46. The number of hydrogen-bond donors (Lipinski definition) is 1. The summed E-state index contributed by atoms with van der Waals surface area (Å²) in [5.41, 5.74) is 2.15. The third-order valence-corrected chi connectivity index (χ3v) is 4.90. The lowest BCUT2D eigenvalue weighted by molar-refractivity contribution is 0.102. The van der Waals surface area contributed by atoms with E-state index < -0.39 is 0 Å². The van der Waals surface area contributed by atoms with Gasteiger partial charge in [0.25, 0.3) is 5.91 Å². The van der Waals surface area contributed by atoms with Gasteiger partial charge in [0.2, 0.25) is 0 Å². The molecule has 156 valence electrons.